The standard InChI is InChI=1S/C17H20N4O2/c1-10-20-14-8-19-13-5-16(23-3)15(22-2)4-12(13)17(14)21(10)9-11-6-18-7-11/h4-5,8,11,18,20H,1,6-7,9H2,2-3H3. The van der Waals surface area contributed by atoms with Gasteiger partial charge in [0.25, 0.3) is 0 Å². The molecule has 4 rings (SSSR count). The molecule has 0 atom stereocenters. The average molecular weight is 312 g/mol. The molecule has 1 aromatic carbocycles. The van der Waals surface area contributed by atoms with Crippen molar-refractivity contribution in [1.82, 2.24) is 10.3 Å². The van der Waals surface area contributed by atoms with Crippen LogP contribution in [0.15, 0.2) is 30.7 Å². The molecular weight excluding hydrogens is 292 g/mol. The van der Waals surface area contributed by atoms with Crippen LogP contribution in [0.3, 0.4) is 0 Å². The Hall–Kier alpha value is -2.47. The van der Waals surface area contributed by atoms with Gasteiger partial charge in [0.1, 0.15) is 5.82 Å². The first-order valence-corrected chi connectivity index (χ1v) is 7.70. The molecule has 1 saturated heterocycles. The Morgan fingerprint density at radius 2 is 2.00 bits per heavy atom. The summed E-state index contributed by atoms with van der Waals surface area (Å²) >= 11 is 0. The van der Waals surface area contributed by atoms with Gasteiger partial charge in [0, 0.05) is 37.0 Å². The summed E-state index contributed by atoms with van der Waals surface area (Å²) in [6.45, 7) is 7.21. The van der Waals surface area contributed by atoms with E-state index < -0.39 is 0 Å². The number of methoxy groups -OCH3 is 2. The molecule has 2 aliphatic heterocycles. The third-order valence-corrected chi connectivity index (χ3v) is 4.53. The van der Waals surface area contributed by atoms with E-state index in [1.807, 2.05) is 18.3 Å². The van der Waals surface area contributed by atoms with Crippen molar-refractivity contribution in [2.45, 2.75) is 0 Å². The van der Waals surface area contributed by atoms with Crippen molar-refractivity contribution in [1.29, 1.82) is 0 Å². The second kappa shape index (κ2) is 5.31. The highest BCUT2D eigenvalue weighted by Gasteiger charge is 2.30. The maximum Gasteiger partial charge on any atom is 0.162 e. The number of anilines is 2. The minimum absolute atomic E-state index is 0.642. The van der Waals surface area contributed by atoms with E-state index in [1.165, 1.54) is 0 Å². The molecule has 0 radical (unpaired) electrons. The summed E-state index contributed by atoms with van der Waals surface area (Å²) in [5, 5.41) is 7.69. The normalized spacial score (nSPS) is 17.0. The van der Waals surface area contributed by atoms with Gasteiger partial charge in [-0.3, -0.25) is 4.98 Å². The first-order chi connectivity index (χ1) is 11.2. The van der Waals surface area contributed by atoms with E-state index in [9.17, 15) is 0 Å². The molecule has 0 spiro atoms. The zero-order valence-electron chi connectivity index (χ0n) is 13.3. The van der Waals surface area contributed by atoms with Crippen LogP contribution in [0, 0.1) is 5.92 Å². The Bertz CT molecular complexity index is 786. The molecule has 6 nitrogen and oxygen atoms in total. The summed E-state index contributed by atoms with van der Waals surface area (Å²) in [6, 6.07) is 3.91. The molecule has 0 unspecified atom stereocenters. The summed E-state index contributed by atoms with van der Waals surface area (Å²) in [6.07, 6.45) is 1.85. The maximum absolute atomic E-state index is 5.46. The van der Waals surface area contributed by atoms with Crippen LogP contribution in [-0.2, 0) is 0 Å². The molecule has 1 aromatic heterocycles. The van der Waals surface area contributed by atoms with Crippen LogP contribution in [0.4, 0.5) is 11.4 Å². The lowest BCUT2D eigenvalue weighted by molar-refractivity contribution is 0.354. The number of benzene rings is 1. The van der Waals surface area contributed by atoms with E-state index in [0.29, 0.717) is 17.4 Å². The van der Waals surface area contributed by atoms with E-state index in [1.54, 1.807) is 14.2 Å². The van der Waals surface area contributed by atoms with Crippen molar-refractivity contribution < 1.29 is 9.47 Å². The topological polar surface area (TPSA) is 58.7 Å². The van der Waals surface area contributed by atoms with Gasteiger partial charge in [-0.2, -0.15) is 0 Å². The van der Waals surface area contributed by atoms with E-state index in [2.05, 4.69) is 27.1 Å². The molecule has 0 amide bonds. The minimum atomic E-state index is 0.642. The Kier molecular flexibility index (Phi) is 3.27. The third-order valence-electron chi connectivity index (χ3n) is 4.53. The maximum atomic E-state index is 5.46. The average Bonchev–Trinajstić information content (AvgIpc) is 2.85. The van der Waals surface area contributed by atoms with Gasteiger partial charge in [-0.15, -0.1) is 0 Å². The molecule has 2 aliphatic rings. The van der Waals surface area contributed by atoms with Crippen molar-refractivity contribution in [2.75, 3.05) is 44.1 Å². The molecule has 2 N–H and O–H groups in total. The van der Waals surface area contributed by atoms with Crippen molar-refractivity contribution in [3.8, 4) is 11.5 Å². The van der Waals surface area contributed by atoms with Crippen molar-refractivity contribution >= 4 is 22.3 Å². The summed E-state index contributed by atoms with van der Waals surface area (Å²) in [4.78, 5) is 6.79. The number of nitrogens with one attached hydrogen (secondary N) is 2. The highest BCUT2D eigenvalue weighted by atomic mass is 16.5. The Morgan fingerprint density at radius 3 is 2.65 bits per heavy atom. The lowest BCUT2D eigenvalue weighted by Crippen LogP contribution is -2.47. The third kappa shape index (κ3) is 2.17. The number of hydrogen-bond donors (Lipinski definition) is 2. The quantitative estimate of drug-likeness (QED) is 0.902. The Balaban J connectivity index is 1.85. The highest BCUT2D eigenvalue weighted by molar-refractivity contribution is 6.03. The van der Waals surface area contributed by atoms with Crippen LogP contribution in [0.2, 0.25) is 0 Å². The number of hydrogen-bond acceptors (Lipinski definition) is 6. The fourth-order valence-corrected chi connectivity index (χ4v) is 3.18. The van der Waals surface area contributed by atoms with Crippen LogP contribution in [0.25, 0.3) is 10.9 Å². The van der Waals surface area contributed by atoms with Crippen molar-refractivity contribution in [3.05, 3.63) is 30.7 Å². The van der Waals surface area contributed by atoms with Gasteiger partial charge in [0.2, 0.25) is 0 Å². The number of aromatic nitrogens is 1. The molecular formula is C17H20N4O2. The smallest absolute Gasteiger partial charge is 0.162 e. The Labute approximate surface area is 135 Å². The second-order valence-corrected chi connectivity index (χ2v) is 5.95. The van der Waals surface area contributed by atoms with E-state index >= 15 is 0 Å². The predicted octanol–water partition coefficient (Wildman–Crippen LogP) is 2.17. The number of rotatable bonds is 4. The van der Waals surface area contributed by atoms with Crippen molar-refractivity contribution in [2.24, 2.45) is 5.92 Å². The fraction of sp³-hybridized carbons (Fsp3) is 0.353. The second-order valence-electron chi connectivity index (χ2n) is 5.95. The molecule has 0 bridgehead atoms. The fourth-order valence-electron chi connectivity index (χ4n) is 3.18. The zero-order chi connectivity index (χ0) is 16.0. The van der Waals surface area contributed by atoms with E-state index in [4.69, 9.17) is 9.47 Å². The summed E-state index contributed by atoms with van der Waals surface area (Å²) in [7, 11) is 3.28. The van der Waals surface area contributed by atoms with Gasteiger partial charge in [0.15, 0.2) is 11.5 Å². The molecule has 0 saturated carbocycles. The highest BCUT2D eigenvalue weighted by Crippen LogP contribution is 2.44. The van der Waals surface area contributed by atoms with Gasteiger partial charge in [-0.1, -0.05) is 6.58 Å². The predicted molar refractivity (Wildman–Crippen MR) is 91.3 cm³/mol. The summed E-state index contributed by atoms with van der Waals surface area (Å²) < 4.78 is 10.8. The molecule has 1 fully saturated rings. The molecule has 3 heterocycles. The van der Waals surface area contributed by atoms with Crippen LogP contribution in [0.5, 0.6) is 11.5 Å². The van der Waals surface area contributed by atoms with Crippen molar-refractivity contribution in [3.63, 3.8) is 0 Å². The van der Waals surface area contributed by atoms with Crippen LogP contribution in [-0.4, -0.2) is 38.8 Å². The first kappa shape index (κ1) is 14.1. The molecule has 23 heavy (non-hydrogen) atoms. The summed E-state index contributed by atoms with van der Waals surface area (Å²) in [5.41, 5.74) is 2.99. The van der Waals surface area contributed by atoms with Crippen LogP contribution in [0.1, 0.15) is 0 Å². The van der Waals surface area contributed by atoms with E-state index in [0.717, 1.165) is 47.7 Å². The largest absolute Gasteiger partial charge is 0.493 e. The SMILES string of the molecule is C=C1Nc2cnc3cc(OC)c(OC)cc3c2N1CC1CNC1. The van der Waals surface area contributed by atoms with Crippen LogP contribution >= 0.6 is 0 Å². The molecule has 6 heteroatoms. The summed E-state index contributed by atoms with van der Waals surface area (Å²) in [5.74, 6) is 2.93. The van der Waals surface area contributed by atoms with Crippen LogP contribution < -0.4 is 25.0 Å². The van der Waals surface area contributed by atoms with Gasteiger partial charge in [-0.25, -0.2) is 0 Å². The number of nitrogens with zero attached hydrogens (tertiary/aromatic N) is 2. The van der Waals surface area contributed by atoms with Gasteiger partial charge >= 0.3 is 0 Å². The van der Waals surface area contributed by atoms with Gasteiger partial charge in [-0.05, 0) is 6.07 Å². The molecule has 2 aromatic rings. The molecule has 120 valence electrons. The molecule has 0 aliphatic carbocycles. The first-order valence-electron chi connectivity index (χ1n) is 7.70. The monoisotopic (exact) mass is 312 g/mol. The Morgan fingerprint density at radius 1 is 1.26 bits per heavy atom. The lowest BCUT2D eigenvalue weighted by Gasteiger charge is -2.32. The lowest BCUT2D eigenvalue weighted by atomic mass is 10.0. The van der Waals surface area contributed by atoms with E-state index in [-0.39, 0.29) is 0 Å². The zero-order valence-corrected chi connectivity index (χ0v) is 13.3. The van der Waals surface area contributed by atoms with Gasteiger partial charge < -0.3 is 25.0 Å². The number of fused-ring (bicyclic) bond motifs is 3. The minimum Gasteiger partial charge on any atom is -0.493 e. The number of pyridine rings is 1. The number of ether oxygens (including phenoxy) is 2. The van der Waals surface area contributed by atoms with Gasteiger partial charge in [0.05, 0.1) is 37.3 Å².